The number of para-hydroxylation sites is 1. The Labute approximate surface area is 121 Å². The van der Waals surface area contributed by atoms with Gasteiger partial charge < -0.3 is 0 Å². The van der Waals surface area contributed by atoms with E-state index in [0.29, 0.717) is 12.1 Å². The van der Waals surface area contributed by atoms with Gasteiger partial charge in [-0.25, -0.2) is 4.98 Å². The van der Waals surface area contributed by atoms with Crippen molar-refractivity contribution in [1.29, 1.82) is 0 Å². The standard InChI is InChI=1S/C15H15N3OS/c1-3-18-14-7-5-4-6-11(14)12(17-18)8-15(19)13-9-20-10(2)16-13/h4-7,9H,3,8H2,1-2H3. The summed E-state index contributed by atoms with van der Waals surface area (Å²) in [7, 11) is 0. The number of carbonyl (C=O) groups is 1. The van der Waals surface area contributed by atoms with Crippen molar-refractivity contribution < 1.29 is 4.79 Å². The van der Waals surface area contributed by atoms with Crippen molar-refractivity contribution in [2.24, 2.45) is 0 Å². The Kier molecular flexibility index (Phi) is 3.36. The average molecular weight is 285 g/mol. The maximum atomic E-state index is 12.3. The molecule has 0 fully saturated rings. The zero-order chi connectivity index (χ0) is 14.1. The van der Waals surface area contributed by atoms with Crippen LogP contribution in [0.4, 0.5) is 0 Å². The molecule has 20 heavy (non-hydrogen) atoms. The van der Waals surface area contributed by atoms with Gasteiger partial charge in [0, 0.05) is 17.3 Å². The van der Waals surface area contributed by atoms with Gasteiger partial charge in [-0.1, -0.05) is 18.2 Å². The van der Waals surface area contributed by atoms with Crippen LogP contribution in [-0.2, 0) is 13.0 Å². The highest BCUT2D eigenvalue weighted by molar-refractivity contribution is 7.09. The van der Waals surface area contributed by atoms with Crippen molar-refractivity contribution in [3.05, 3.63) is 46.0 Å². The molecule has 0 aliphatic rings. The molecule has 4 nitrogen and oxygen atoms in total. The maximum Gasteiger partial charge on any atom is 0.188 e. The smallest absolute Gasteiger partial charge is 0.188 e. The third-order valence-corrected chi connectivity index (χ3v) is 4.04. The third-order valence-electron chi connectivity index (χ3n) is 3.27. The second kappa shape index (κ2) is 5.17. The van der Waals surface area contributed by atoms with Crippen molar-refractivity contribution >= 4 is 28.0 Å². The zero-order valence-electron chi connectivity index (χ0n) is 11.5. The van der Waals surface area contributed by atoms with Crippen molar-refractivity contribution in [3.8, 4) is 0 Å². The van der Waals surface area contributed by atoms with Crippen molar-refractivity contribution in [3.63, 3.8) is 0 Å². The minimum atomic E-state index is 0.0286. The van der Waals surface area contributed by atoms with Gasteiger partial charge in [0.05, 0.1) is 22.6 Å². The lowest BCUT2D eigenvalue weighted by atomic mass is 10.1. The Balaban J connectivity index is 1.97. The number of thiazole rings is 1. The lowest BCUT2D eigenvalue weighted by Crippen LogP contribution is -2.06. The quantitative estimate of drug-likeness (QED) is 0.691. The summed E-state index contributed by atoms with van der Waals surface area (Å²) in [6.07, 6.45) is 0.302. The zero-order valence-corrected chi connectivity index (χ0v) is 12.3. The van der Waals surface area contributed by atoms with Gasteiger partial charge in [0.2, 0.25) is 0 Å². The van der Waals surface area contributed by atoms with E-state index in [4.69, 9.17) is 0 Å². The van der Waals surface area contributed by atoms with Crippen LogP contribution in [0.5, 0.6) is 0 Å². The lowest BCUT2D eigenvalue weighted by molar-refractivity contribution is 0.0988. The third kappa shape index (κ3) is 2.25. The molecule has 0 atom stereocenters. The van der Waals surface area contributed by atoms with E-state index >= 15 is 0 Å². The molecule has 0 aliphatic carbocycles. The number of fused-ring (bicyclic) bond motifs is 1. The average Bonchev–Trinajstić information content (AvgIpc) is 3.03. The molecule has 0 bridgehead atoms. The van der Waals surface area contributed by atoms with Crippen molar-refractivity contribution in [1.82, 2.24) is 14.8 Å². The van der Waals surface area contributed by atoms with E-state index in [1.807, 2.05) is 41.3 Å². The van der Waals surface area contributed by atoms with Crippen LogP contribution in [-0.4, -0.2) is 20.5 Å². The van der Waals surface area contributed by atoms with Crippen LogP contribution >= 0.6 is 11.3 Å². The first-order chi connectivity index (χ1) is 9.69. The molecule has 0 aliphatic heterocycles. The Morgan fingerprint density at radius 3 is 2.85 bits per heavy atom. The minimum absolute atomic E-state index is 0.0286. The molecule has 0 saturated heterocycles. The van der Waals surface area contributed by atoms with Gasteiger partial charge in [-0.05, 0) is 19.9 Å². The first-order valence-corrected chi connectivity index (χ1v) is 7.46. The highest BCUT2D eigenvalue weighted by atomic mass is 32.1. The fraction of sp³-hybridized carbons (Fsp3) is 0.267. The SMILES string of the molecule is CCn1nc(CC(=O)c2csc(C)n2)c2ccccc21. The molecule has 2 heterocycles. The largest absolute Gasteiger partial charge is 0.292 e. The molecule has 0 spiro atoms. The number of ketones is 1. The summed E-state index contributed by atoms with van der Waals surface area (Å²) < 4.78 is 1.93. The lowest BCUT2D eigenvalue weighted by Gasteiger charge is -1.95. The number of aromatic nitrogens is 3. The van der Waals surface area contributed by atoms with Gasteiger partial charge in [0.15, 0.2) is 5.78 Å². The fourth-order valence-electron chi connectivity index (χ4n) is 2.30. The van der Waals surface area contributed by atoms with Crippen LogP contribution in [0.2, 0.25) is 0 Å². The first-order valence-electron chi connectivity index (χ1n) is 6.58. The van der Waals surface area contributed by atoms with Gasteiger partial charge in [-0.3, -0.25) is 9.48 Å². The van der Waals surface area contributed by atoms with Gasteiger partial charge in [0.25, 0.3) is 0 Å². The number of Topliss-reactive ketones (excluding diaryl/α,β-unsaturated/α-hetero) is 1. The number of nitrogens with zero attached hydrogens (tertiary/aromatic N) is 3. The van der Waals surface area contributed by atoms with E-state index in [1.54, 1.807) is 0 Å². The number of aryl methyl sites for hydroxylation is 2. The first kappa shape index (κ1) is 13.0. The molecule has 2 aromatic heterocycles. The Bertz CT molecular complexity index is 772. The summed E-state index contributed by atoms with van der Waals surface area (Å²) in [5.41, 5.74) is 2.45. The summed E-state index contributed by atoms with van der Waals surface area (Å²) in [6, 6.07) is 8.02. The van der Waals surface area contributed by atoms with Crippen LogP contribution in [0.3, 0.4) is 0 Å². The van der Waals surface area contributed by atoms with Gasteiger partial charge >= 0.3 is 0 Å². The molecule has 0 unspecified atom stereocenters. The topological polar surface area (TPSA) is 47.8 Å². The highest BCUT2D eigenvalue weighted by Gasteiger charge is 2.16. The number of hydrogen-bond acceptors (Lipinski definition) is 4. The minimum Gasteiger partial charge on any atom is -0.292 e. The van der Waals surface area contributed by atoms with E-state index in [2.05, 4.69) is 17.0 Å². The summed E-state index contributed by atoms with van der Waals surface area (Å²) in [5, 5.41) is 8.33. The van der Waals surface area contributed by atoms with Crippen molar-refractivity contribution in [2.45, 2.75) is 26.8 Å². The van der Waals surface area contributed by atoms with Gasteiger partial charge in [-0.2, -0.15) is 5.10 Å². The number of rotatable bonds is 4. The van der Waals surface area contributed by atoms with E-state index in [-0.39, 0.29) is 5.78 Å². The molecule has 3 aromatic rings. The maximum absolute atomic E-state index is 12.3. The summed E-state index contributed by atoms with van der Waals surface area (Å²) in [4.78, 5) is 16.5. The second-order valence-electron chi connectivity index (χ2n) is 4.63. The summed E-state index contributed by atoms with van der Waals surface area (Å²) >= 11 is 1.50. The molecule has 0 amide bonds. The monoisotopic (exact) mass is 285 g/mol. The molecule has 102 valence electrons. The molecule has 3 rings (SSSR count). The Morgan fingerprint density at radius 2 is 2.15 bits per heavy atom. The normalized spacial score (nSPS) is 11.1. The molecular formula is C15H15N3OS. The summed E-state index contributed by atoms with van der Waals surface area (Å²) in [6.45, 7) is 4.75. The van der Waals surface area contributed by atoms with Crippen molar-refractivity contribution in [2.75, 3.05) is 0 Å². The molecule has 0 N–H and O–H groups in total. The van der Waals surface area contributed by atoms with E-state index < -0.39 is 0 Å². The number of hydrogen-bond donors (Lipinski definition) is 0. The predicted octanol–water partition coefficient (Wildman–Crippen LogP) is 3.25. The Hall–Kier alpha value is -2.01. The molecule has 1 aromatic carbocycles. The highest BCUT2D eigenvalue weighted by Crippen LogP contribution is 2.20. The molecule has 5 heteroatoms. The van der Waals surface area contributed by atoms with Crippen LogP contribution < -0.4 is 0 Å². The Morgan fingerprint density at radius 1 is 1.35 bits per heavy atom. The van der Waals surface area contributed by atoms with Crippen LogP contribution in [0.1, 0.15) is 28.1 Å². The molecular weight excluding hydrogens is 270 g/mol. The van der Waals surface area contributed by atoms with Crippen LogP contribution in [0.15, 0.2) is 29.6 Å². The van der Waals surface area contributed by atoms with Crippen LogP contribution in [0, 0.1) is 6.92 Å². The van der Waals surface area contributed by atoms with E-state index in [1.165, 1.54) is 11.3 Å². The van der Waals surface area contributed by atoms with E-state index in [0.717, 1.165) is 28.1 Å². The van der Waals surface area contributed by atoms with Crippen LogP contribution in [0.25, 0.3) is 10.9 Å². The molecule has 0 radical (unpaired) electrons. The predicted molar refractivity (Wildman–Crippen MR) is 80.3 cm³/mol. The van der Waals surface area contributed by atoms with Gasteiger partial charge in [0.1, 0.15) is 5.69 Å². The van der Waals surface area contributed by atoms with Gasteiger partial charge in [-0.15, -0.1) is 11.3 Å². The number of carbonyl (C=O) groups excluding carboxylic acids is 1. The fourth-order valence-corrected chi connectivity index (χ4v) is 2.92. The molecule has 0 saturated carbocycles. The second-order valence-corrected chi connectivity index (χ2v) is 5.69. The van der Waals surface area contributed by atoms with E-state index in [9.17, 15) is 4.79 Å². The summed E-state index contributed by atoms with van der Waals surface area (Å²) in [5.74, 6) is 0.0286. The number of benzene rings is 1.